The average molecular weight is 298 g/mol. The van der Waals surface area contributed by atoms with Gasteiger partial charge in [-0.2, -0.15) is 0 Å². The molecular weight excluding hydrogens is 266 g/mol. The molecule has 0 aliphatic heterocycles. The molecule has 1 atom stereocenters. The lowest BCUT2D eigenvalue weighted by atomic mass is 9.87. The summed E-state index contributed by atoms with van der Waals surface area (Å²) in [5.74, 6) is 0. The lowest BCUT2D eigenvalue weighted by molar-refractivity contribution is 0.244. The van der Waals surface area contributed by atoms with Crippen LogP contribution in [0.5, 0.6) is 0 Å². The average Bonchev–Trinajstić information content (AvgIpc) is 2.45. The maximum Gasteiger partial charge on any atom is 0.111 e. The number of nitrogens with one attached hydrogen (secondary N) is 1. The zero-order chi connectivity index (χ0) is 15.6. The zero-order valence-electron chi connectivity index (χ0n) is 14.1. The van der Waals surface area contributed by atoms with Crippen LogP contribution < -0.4 is 5.32 Å². The van der Waals surface area contributed by atoms with Crippen LogP contribution in [0.1, 0.15) is 41.5 Å². The summed E-state index contributed by atoms with van der Waals surface area (Å²) in [7, 11) is 2.04. The van der Waals surface area contributed by atoms with E-state index in [-0.39, 0.29) is 5.41 Å². The second kappa shape index (κ2) is 10.2. The van der Waals surface area contributed by atoms with Gasteiger partial charge in [-0.15, -0.1) is 0 Å². The summed E-state index contributed by atoms with van der Waals surface area (Å²) in [5, 5.41) is 4.48. The van der Waals surface area contributed by atoms with Crippen molar-refractivity contribution in [3.05, 3.63) is 24.4 Å². The van der Waals surface area contributed by atoms with Crippen LogP contribution in [0.4, 0.5) is 0 Å². The van der Waals surface area contributed by atoms with E-state index >= 15 is 0 Å². The van der Waals surface area contributed by atoms with E-state index in [1.165, 1.54) is 0 Å². The van der Waals surface area contributed by atoms with E-state index in [0.717, 1.165) is 18.1 Å². The summed E-state index contributed by atoms with van der Waals surface area (Å²) < 4.78 is 2.36. The Bertz CT molecular complexity index is 335. The molecular formula is C16H31N3S. The lowest BCUT2D eigenvalue weighted by Crippen LogP contribution is -2.45. The molecule has 1 unspecified atom stereocenters. The van der Waals surface area contributed by atoms with E-state index < -0.39 is 0 Å². The second-order valence-electron chi connectivity index (χ2n) is 5.45. The van der Waals surface area contributed by atoms with E-state index in [2.05, 4.69) is 48.4 Å². The quantitative estimate of drug-likeness (QED) is 0.801. The topological polar surface area (TPSA) is 28.2 Å². The maximum atomic E-state index is 4.36. The van der Waals surface area contributed by atoms with Gasteiger partial charge in [0.25, 0.3) is 0 Å². The van der Waals surface area contributed by atoms with Gasteiger partial charge in [-0.25, -0.2) is 9.29 Å². The predicted octanol–water partition coefficient (Wildman–Crippen LogP) is 4.07. The van der Waals surface area contributed by atoms with Crippen LogP contribution in [0.15, 0.2) is 29.4 Å². The molecule has 4 heteroatoms. The molecule has 0 saturated heterocycles. The molecule has 1 heterocycles. The van der Waals surface area contributed by atoms with Gasteiger partial charge in [0.15, 0.2) is 0 Å². The Morgan fingerprint density at radius 2 is 1.95 bits per heavy atom. The lowest BCUT2D eigenvalue weighted by Gasteiger charge is -2.34. The van der Waals surface area contributed by atoms with Crippen molar-refractivity contribution in [3.8, 4) is 0 Å². The third-order valence-electron chi connectivity index (χ3n) is 2.99. The standard InChI is InChI=1S/C14H25N3S.C2H6/c1-6-17(11-12(15-5)14(2,3)4)18-13-9-7-8-10-16-13;1-2/h7-10,12,15H,6,11H2,1-5H3;1-2H3. The molecule has 1 aromatic heterocycles. The Hall–Kier alpha value is -0.580. The minimum atomic E-state index is 0.257. The first kappa shape index (κ1) is 19.4. The first-order chi connectivity index (χ1) is 9.47. The molecule has 116 valence electrons. The Morgan fingerprint density at radius 1 is 1.30 bits per heavy atom. The van der Waals surface area contributed by atoms with E-state index in [1.807, 2.05) is 39.2 Å². The summed E-state index contributed by atoms with van der Waals surface area (Å²) in [5.41, 5.74) is 0.257. The van der Waals surface area contributed by atoms with Crippen LogP contribution in [0.25, 0.3) is 0 Å². The van der Waals surface area contributed by atoms with Gasteiger partial charge in [0.2, 0.25) is 0 Å². The zero-order valence-corrected chi connectivity index (χ0v) is 14.9. The summed E-state index contributed by atoms with van der Waals surface area (Å²) >= 11 is 1.73. The maximum absolute atomic E-state index is 4.36. The van der Waals surface area contributed by atoms with Crippen LogP contribution in [0, 0.1) is 5.41 Å². The number of hydrogen-bond acceptors (Lipinski definition) is 4. The van der Waals surface area contributed by atoms with Crippen molar-refractivity contribution in [2.75, 3.05) is 20.1 Å². The minimum absolute atomic E-state index is 0.257. The van der Waals surface area contributed by atoms with Crippen molar-refractivity contribution in [2.24, 2.45) is 5.41 Å². The van der Waals surface area contributed by atoms with Crippen molar-refractivity contribution in [1.29, 1.82) is 0 Å². The molecule has 0 fully saturated rings. The van der Waals surface area contributed by atoms with Crippen LogP contribution in [-0.4, -0.2) is 35.5 Å². The fraction of sp³-hybridized carbons (Fsp3) is 0.688. The second-order valence-corrected chi connectivity index (χ2v) is 6.56. The summed E-state index contributed by atoms with van der Waals surface area (Å²) in [6, 6.07) is 6.50. The van der Waals surface area contributed by atoms with Crippen LogP contribution >= 0.6 is 11.9 Å². The molecule has 0 radical (unpaired) electrons. The van der Waals surface area contributed by atoms with Crippen molar-refractivity contribution >= 4 is 11.9 Å². The number of nitrogens with zero attached hydrogens (tertiary/aromatic N) is 2. The van der Waals surface area contributed by atoms with Gasteiger partial charge in [-0.05, 0) is 36.5 Å². The molecule has 0 saturated carbocycles. The van der Waals surface area contributed by atoms with Gasteiger partial charge < -0.3 is 5.32 Å². The SMILES string of the molecule is CC.CCN(CC(NC)C(C)(C)C)Sc1ccccn1. The highest BCUT2D eigenvalue weighted by atomic mass is 32.2. The highest BCUT2D eigenvalue weighted by molar-refractivity contribution is 7.97. The highest BCUT2D eigenvalue weighted by Gasteiger charge is 2.25. The Labute approximate surface area is 129 Å². The van der Waals surface area contributed by atoms with Crippen LogP contribution in [0.3, 0.4) is 0 Å². The number of pyridine rings is 1. The van der Waals surface area contributed by atoms with Crippen LogP contribution in [0.2, 0.25) is 0 Å². The third-order valence-corrected chi connectivity index (χ3v) is 4.09. The van der Waals surface area contributed by atoms with E-state index in [4.69, 9.17) is 0 Å². The summed E-state index contributed by atoms with van der Waals surface area (Å²) in [4.78, 5) is 4.36. The molecule has 3 nitrogen and oxygen atoms in total. The van der Waals surface area contributed by atoms with Gasteiger partial charge in [0.05, 0.1) is 0 Å². The molecule has 0 bridgehead atoms. The van der Waals surface area contributed by atoms with Crippen molar-refractivity contribution in [1.82, 2.24) is 14.6 Å². The van der Waals surface area contributed by atoms with Crippen molar-refractivity contribution in [3.63, 3.8) is 0 Å². The van der Waals surface area contributed by atoms with E-state index in [0.29, 0.717) is 6.04 Å². The monoisotopic (exact) mass is 297 g/mol. The Morgan fingerprint density at radius 3 is 2.35 bits per heavy atom. The molecule has 1 N–H and O–H groups in total. The summed E-state index contributed by atoms with van der Waals surface area (Å²) in [6.45, 7) is 15.0. The van der Waals surface area contributed by atoms with Gasteiger partial charge >= 0.3 is 0 Å². The molecule has 1 aromatic rings. The molecule has 1 rings (SSSR count). The highest BCUT2D eigenvalue weighted by Crippen LogP contribution is 2.25. The first-order valence-electron chi connectivity index (χ1n) is 7.48. The third kappa shape index (κ3) is 7.27. The molecule has 0 aliphatic rings. The summed E-state index contributed by atoms with van der Waals surface area (Å²) in [6.07, 6.45) is 1.84. The predicted molar refractivity (Wildman–Crippen MR) is 91.0 cm³/mol. The molecule has 0 amide bonds. The number of likely N-dealkylation sites (N-methyl/N-ethyl adjacent to an activating group) is 2. The number of rotatable bonds is 6. The van der Waals surface area contributed by atoms with Gasteiger partial charge in [0, 0.05) is 25.3 Å². The smallest absolute Gasteiger partial charge is 0.111 e. The Balaban J connectivity index is 0.00000172. The molecule has 0 aliphatic carbocycles. The van der Waals surface area contributed by atoms with E-state index in [9.17, 15) is 0 Å². The largest absolute Gasteiger partial charge is 0.315 e. The molecule has 0 spiro atoms. The molecule has 20 heavy (non-hydrogen) atoms. The van der Waals surface area contributed by atoms with E-state index in [1.54, 1.807) is 11.9 Å². The van der Waals surface area contributed by atoms with Crippen LogP contribution in [-0.2, 0) is 0 Å². The van der Waals surface area contributed by atoms with Crippen molar-refractivity contribution in [2.45, 2.75) is 52.6 Å². The number of aromatic nitrogens is 1. The fourth-order valence-electron chi connectivity index (χ4n) is 1.77. The Kier molecular flexibility index (Phi) is 9.90. The minimum Gasteiger partial charge on any atom is -0.315 e. The number of hydrogen-bond donors (Lipinski definition) is 1. The van der Waals surface area contributed by atoms with Gasteiger partial charge in [0.1, 0.15) is 5.03 Å². The fourth-order valence-corrected chi connectivity index (χ4v) is 2.63. The van der Waals surface area contributed by atoms with Gasteiger partial charge in [-0.1, -0.05) is 47.6 Å². The first-order valence-corrected chi connectivity index (χ1v) is 8.26. The normalized spacial score (nSPS) is 12.8. The van der Waals surface area contributed by atoms with Crippen molar-refractivity contribution < 1.29 is 0 Å². The molecule has 0 aromatic carbocycles. The van der Waals surface area contributed by atoms with Gasteiger partial charge in [-0.3, -0.25) is 0 Å².